The van der Waals surface area contributed by atoms with Gasteiger partial charge in [-0.2, -0.15) is 5.26 Å². The SMILES string of the molecule is CCc1cc(NC)ncn1.N#CCC=O. The first-order valence-corrected chi connectivity index (χ1v) is 4.57. The van der Waals surface area contributed by atoms with Gasteiger partial charge >= 0.3 is 0 Å². The molecule has 0 bridgehead atoms. The number of aldehydes is 1. The summed E-state index contributed by atoms with van der Waals surface area (Å²) < 4.78 is 0. The standard InChI is InChI=1S/C7H11N3.C3H3NO/c1-3-6-4-7(8-2)10-5-9-6;4-2-1-3-5/h4-5H,3H2,1-2H3,(H,8,9,10);3H,1H2. The second-order valence-electron chi connectivity index (χ2n) is 2.53. The topological polar surface area (TPSA) is 78.7 Å². The largest absolute Gasteiger partial charge is 0.373 e. The van der Waals surface area contributed by atoms with E-state index in [4.69, 9.17) is 5.26 Å². The van der Waals surface area contributed by atoms with Crippen molar-refractivity contribution in [1.29, 1.82) is 5.26 Å². The van der Waals surface area contributed by atoms with Crippen LogP contribution in [0.3, 0.4) is 0 Å². The molecule has 0 aromatic carbocycles. The summed E-state index contributed by atoms with van der Waals surface area (Å²) in [6.45, 7) is 2.07. The Bertz CT molecular complexity index is 313. The van der Waals surface area contributed by atoms with Gasteiger partial charge in [0.05, 0.1) is 12.5 Å². The van der Waals surface area contributed by atoms with Gasteiger partial charge in [0.15, 0.2) is 0 Å². The Labute approximate surface area is 89.2 Å². The molecule has 0 radical (unpaired) electrons. The second-order valence-corrected chi connectivity index (χ2v) is 2.53. The molecule has 0 spiro atoms. The van der Waals surface area contributed by atoms with Crippen LogP contribution in [0.5, 0.6) is 0 Å². The normalized spacial score (nSPS) is 8.07. The lowest BCUT2D eigenvalue weighted by Crippen LogP contribution is -1.95. The minimum Gasteiger partial charge on any atom is -0.373 e. The predicted octanol–water partition coefficient (Wildman–Crippen LogP) is 1.18. The average Bonchev–Trinajstić information content (AvgIpc) is 2.31. The molecule has 80 valence electrons. The maximum atomic E-state index is 9.18. The Hall–Kier alpha value is -1.96. The number of nitriles is 1. The van der Waals surface area contributed by atoms with E-state index in [1.54, 1.807) is 12.4 Å². The van der Waals surface area contributed by atoms with E-state index in [1.807, 2.05) is 13.1 Å². The van der Waals surface area contributed by atoms with Gasteiger partial charge < -0.3 is 10.1 Å². The summed E-state index contributed by atoms with van der Waals surface area (Å²) in [5.74, 6) is 0.881. The van der Waals surface area contributed by atoms with Gasteiger partial charge in [0, 0.05) is 18.8 Å². The molecule has 0 saturated carbocycles. The summed E-state index contributed by atoms with van der Waals surface area (Å²) in [6, 6.07) is 3.59. The van der Waals surface area contributed by atoms with E-state index in [1.165, 1.54) is 0 Å². The molecule has 0 aliphatic heterocycles. The van der Waals surface area contributed by atoms with Gasteiger partial charge in [-0.15, -0.1) is 0 Å². The van der Waals surface area contributed by atoms with Gasteiger partial charge in [0.2, 0.25) is 0 Å². The van der Waals surface area contributed by atoms with Crippen LogP contribution < -0.4 is 5.32 Å². The van der Waals surface area contributed by atoms with Gasteiger partial charge in [-0.25, -0.2) is 9.97 Å². The first kappa shape index (κ1) is 13.0. The zero-order valence-corrected chi connectivity index (χ0v) is 8.90. The lowest BCUT2D eigenvalue weighted by molar-refractivity contribution is -0.107. The van der Waals surface area contributed by atoms with Gasteiger partial charge in [-0.3, -0.25) is 0 Å². The number of carbonyl (C=O) groups is 1. The minimum atomic E-state index is 0.0139. The highest BCUT2D eigenvalue weighted by atomic mass is 16.1. The first-order chi connectivity index (χ1) is 7.28. The summed E-state index contributed by atoms with van der Waals surface area (Å²) in [4.78, 5) is 17.2. The number of nitrogens with zero attached hydrogens (tertiary/aromatic N) is 3. The zero-order valence-electron chi connectivity index (χ0n) is 8.90. The zero-order chi connectivity index (χ0) is 11.5. The minimum absolute atomic E-state index is 0.0139. The van der Waals surface area contributed by atoms with Crippen LogP contribution in [0.2, 0.25) is 0 Å². The molecule has 0 fully saturated rings. The van der Waals surface area contributed by atoms with E-state index in [9.17, 15) is 4.79 Å². The molecule has 5 nitrogen and oxygen atoms in total. The molecule has 0 atom stereocenters. The van der Waals surface area contributed by atoms with Crippen LogP contribution in [0.1, 0.15) is 19.0 Å². The lowest BCUT2D eigenvalue weighted by atomic mass is 10.3. The van der Waals surface area contributed by atoms with Crippen LogP contribution in [0, 0.1) is 11.3 Å². The summed E-state index contributed by atoms with van der Waals surface area (Å²) in [7, 11) is 1.85. The monoisotopic (exact) mass is 206 g/mol. The van der Waals surface area contributed by atoms with Gasteiger partial charge in [0.1, 0.15) is 18.4 Å². The summed E-state index contributed by atoms with van der Waals surface area (Å²) >= 11 is 0. The molecule has 0 amide bonds. The Morgan fingerprint density at radius 3 is 2.73 bits per heavy atom. The molecule has 1 N–H and O–H groups in total. The molecule has 0 unspecified atom stereocenters. The first-order valence-electron chi connectivity index (χ1n) is 4.57. The third-order valence-corrected chi connectivity index (χ3v) is 1.52. The fraction of sp³-hybridized carbons (Fsp3) is 0.400. The molecule has 1 aromatic rings. The number of anilines is 1. The van der Waals surface area contributed by atoms with Crippen LogP contribution in [0.4, 0.5) is 5.82 Å². The molecule has 1 heterocycles. The molecule has 0 saturated heterocycles. The van der Waals surface area contributed by atoms with E-state index in [-0.39, 0.29) is 6.42 Å². The number of rotatable bonds is 3. The van der Waals surface area contributed by atoms with Crippen LogP contribution in [0.15, 0.2) is 12.4 Å². The summed E-state index contributed by atoms with van der Waals surface area (Å²) in [6.07, 6.45) is 3.11. The van der Waals surface area contributed by atoms with Gasteiger partial charge in [-0.1, -0.05) is 6.92 Å². The number of nitrogens with one attached hydrogen (secondary N) is 1. The Balaban J connectivity index is 0.000000336. The van der Waals surface area contributed by atoms with Gasteiger partial charge in [-0.05, 0) is 6.42 Å². The van der Waals surface area contributed by atoms with Crippen LogP contribution in [-0.2, 0) is 11.2 Å². The van der Waals surface area contributed by atoms with Crippen molar-refractivity contribution in [3.05, 3.63) is 18.1 Å². The van der Waals surface area contributed by atoms with Crippen LogP contribution in [0.25, 0.3) is 0 Å². The highest BCUT2D eigenvalue weighted by Crippen LogP contribution is 2.01. The number of hydrogen-bond acceptors (Lipinski definition) is 5. The number of aromatic nitrogens is 2. The van der Waals surface area contributed by atoms with Crippen molar-refractivity contribution in [3.8, 4) is 6.07 Å². The quantitative estimate of drug-likeness (QED) is 0.751. The van der Waals surface area contributed by atoms with E-state index >= 15 is 0 Å². The van der Waals surface area contributed by atoms with Crippen molar-refractivity contribution in [2.45, 2.75) is 19.8 Å². The maximum absolute atomic E-state index is 9.18. The van der Waals surface area contributed by atoms with Gasteiger partial charge in [0.25, 0.3) is 0 Å². The average molecular weight is 206 g/mol. The van der Waals surface area contributed by atoms with Crippen molar-refractivity contribution in [2.75, 3.05) is 12.4 Å². The fourth-order valence-electron chi connectivity index (χ4n) is 0.765. The van der Waals surface area contributed by atoms with E-state index in [2.05, 4.69) is 22.2 Å². The van der Waals surface area contributed by atoms with E-state index in [0.29, 0.717) is 6.29 Å². The maximum Gasteiger partial charge on any atom is 0.134 e. The van der Waals surface area contributed by atoms with Crippen molar-refractivity contribution < 1.29 is 4.79 Å². The van der Waals surface area contributed by atoms with Crippen LogP contribution >= 0.6 is 0 Å². The smallest absolute Gasteiger partial charge is 0.134 e. The highest BCUT2D eigenvalue weighted by molar-refractivity contribution is 5.52. The number of aryl methyl sites for hydroxylation is 1. The lowest BCUT2D eigenvalue weighted by Gasteiger charge is -1.98. The molecule has 1 aromatic heterocycles. The molecule has 1 rings (SSSR count). The van der Waals surface area contributed by atoms with Crippen molar-refractivity contribution in [1.82, 2.24) is 9.97 Å². The summed E-state index contributed by atoms with van der Waals surface area (Å²) in [5, 5.41) is 10.5. The van der Waals surface area contributed by atoms with Crippen molar-refractivity contribution in [3.63, 3.8) is 0 Å². The fourth-order valence-corrected chi connectivity index (χ4v) is 0.765. The van der Waals surface area contributed by atoms with E-state index < -0.39 is 0 Å². The Morgan fingerprint density at radius 1 is 1.60 bits per heavy atom. The third-order valence-electron chi connectivity index (χ3n) is 1.52. The molecule has 15 heavy (non-hydrogen) atoms. The molecule has 5 heteroatoms. The number of carbonyl (C=O) groups excluding carboxylic acids is 1. The number of hydrogen-bond donors (Lipinski definition) is 1. The molecule has 0 aliphatic carbocycles. The Kier molecular flexibility index (Phi) is 7.50. The van der Waals surface area contributed by atoms with Crippen LogP contribution in [-0.4, -0.2) is 23.3 Å². The second kappa shape index (κ2) is 8.63. The Morgan fingerprint density at radius 2 is 2.33 bits per heavy atom. The van der Waals surface area contributed by atoms with Crippen molar-refractivity contribution >= 4 is 12.1 Å². The van der Waals surface area contributed by atoms with Crippen molar-refractivity contribution in [2.24, 2.45) is 0 Å². The molecular formula is C10H14N4O. The summed E-state index contributed by atoms with van der Waals surface area (Å²) in [5.41, 5.74) is 1.07. The third kappa shape index (κ3) is 6.16. The molecular weight excluding hydrogens is 192 g/mol. The predicted molar refractivity (Wildman–Crippen MR) is 57.3 cm³/mol. The van der Waals surface area contributed by atoms with E-state index in [0.717, 1.165) is 17.9 Å². The molecule has 0 aliphatic rings. The highest BCUT2D eigenvalue weighted by Gasteiger charge is 1.91.